The van der Waals surface area contributed by atoms with Crippen molar-refractivity contribution in [3.05, 3.63) is 70.8 Å². The molecule has 2 fully saturated rings. The number of halogens is 5. The van der Waals surface area contributed by atoms with Crippen LogP contribution in [0.4, 0.5) is 22.0 Å². The van der Waals surface area contributed by atoms with E-state index in [1.54, 1.807) is 0 Å². The topological polar surface area (TPSA) is 32.3 Å². The molecule has 0 aromatic heterocycles. The highest BCUT2D eigenvalue weighted by Crippen LogP contribution is 2.47. The van der Waals surface area contributed by atoms with E-state index in [0.717, 1.165) is 50.0 Å². The second-order valence-corrected chi connectivity index (χ2v) is 10.6. The molecule has 1 N–H and O–H groups in total. The maximum atomic E-state index is 13.8. The largest absolute Gasteiger partial charge is 0.416 e. The molecular weight excluding hydrogens is 475 g/mol. The molecule has 2 aliphatic rings. The van der Waals surface area contributed by atoms with Crippen LogP contribution in [0.1, 0.15) is 68.6 Å². The Morgan fingerprint density at radius 1 is 1.03 bits per heavy atom. The molecule has 4 rings (SSSR count). The normalized spacial score (nSPS) is 23.8. The van der Waals surface area contributed by atoms with Crippen LogP contribution in [0.25, 0.3) is 0 Å². The number of nitrogens with zero attached hydrogens (tertiary/aromatic N) is 1. The van der Waals surface area contributed by atoms with Crippen molar-refractivity contribution in [2.45, 2.75) is 70.6 Å². The standard InChI is InChI=1S/C28H33F5N2O/c1-18(2)27(26(36)34-17-19-13-22(28(31,32)33)15-24(30)14-19)10-7-25(16-27)35-11-8-21(9-12-35)20-3-5-23(29)6-4-20/h3-6,13-15,18,21,25H,7-12,16-17H2,1-2H3,(H,34,36). The van der Waals surface area contributed by atoms with E-state index in [-0.39, 0.29) is 35.8 Å². The SMILES string of the molecule is CC(C)C1(C(=O)NCc2cc(F)cc(C(F)(F)F)c2)CCC(N2CCC(c3ccc(F)cc3)CC2)C1. The van der Waals surface area contributed by atoms with Gasteiger partial charge >= 0.3 is 6.18 Å². The van der Waals surface area contributed by atoms with E-state index in [1.807, 2.05) is 26.0 Å². The summed E-state index contributed by atoms with van der Waals surface area (Å²) in [6.45, 7) is 5.68. The zero-order valence-corrected chi connectivity index (χ0v) is 20.7. The number of rotatable bonds is 6. The van der Waals surface area contributed by atoms with Crippen LogP contribution in [0, 0.1) is 23.0 Å². The van der Waals surface area contributed by atoms with Crippen LogP contribution in [-0.4, -0.2) is 29.9 Å². The van der Waals surface area contributed by atoms with Gasteiger partial charge in [-0.1, -0.05) is 26.0 Å². The molecule has 2 atom stereocenters. The minimum atomic E-state index is -4.65. The zero-order valence-electron chi connectivity index (χ0n) is 20.7. The van der Waals surface area contributed by atoms with Crippen molar-refractivity contribution in [2.24, 2.45) is 11.3 Å². The Hall–Kier alpha value is -2.48. The van der Waals surface area contributed by atoms with Crippen molar-refractivity contribution in [3.8, 4) is 0 Å². The third kappa shape index (κ3) is 5.74. The van der Waals surface area contributed by atoms with Gasteiger partial charge in [0.25, 0.3) is 0 Å². The van der Waals surface area contributed by atoms with Crippen LogP contribution < -0.4 is 5.32 Å². The molecule has 36 heavy (non-hydrogen) atoms. The second kappa shape index (κ2) is 10.5. The molecule has 1 saturated heterocycles. The highest BCUT2D eigenvalue weighted by Gasteiger charge is 2.49. The lowest BCUT2D eigenvalue weighted by Crippen LogP contribution is -2.45. The highest BCUT2D eigenvalue weighted by molar-refractivity contribution is 5.83. The molecule has 2 aromatic rings. The van der Waals surface area contributed by atoms with Crippen LogP contribution in [-0.2, 0) is 17.5 Å². The maximum Gasteiger partial charge on any atom is 0.416 e. The lowest BCUT2D eigenvalue weighted by atomic mass is 9.74. The van der Waals surface area contributed by atoms with E-state index in [2.05, 4.69) is 10.2 Å². The van der Waals surface area contributed by atoms with Gasteiger partial charge in [-0.15, -0.1) is 0 Å². The smallest absolute Gasteiger partial charge is 0.352 e. The highest BCUT2D eigenvalue weighted by atomic mass is 19.4. The fourth-order valence-electron chi connectivity index (χ4n) is 5.96. The number of carbonyl (C=O) groups excluding carboxylic acids is 1. The summed E-state index contributed by atoms with van der Waals surface area (Å²) in [6, 6.07) is 9.35. The van der Waals surface area contributed by atoms with E-state index in [4.69, 9.17) is 0 Å². The Labute approximate surface area is 209 Å². The monoisotopic (exact) mass is 508 g/mol. The number of alkyl halides is 3. The van der Waals surface area contributed by atoms with E-state index < -0.39 is 23.0 Å². The first-order valence-electron chi connectivity index (χ1n) is 12.6. The van der Waals surface area contributed by atoms with Crippen LogP contribution in [0.15, 0.2) is 42.5 Å². The van der Waals surface area contributed by atoms with Crippen molar-refractivity contribution in [3.63, 3.8) is 0 Å². The van der Waals surface area contributed by atoms with Crippen LogP contribution in [0.3, 0.4) is 0 Å². The summed E-state index contributed by atoms with van der Waals surface area (Å²) in [5.41, 5.74) is -0.426. The predicted octanol–water partition coefficient (Wildman–Crippen LogP) is 6.67. The molecule has 0 radical (unpaired) electrons. The van der Waals surface area contributed by atoms with Gasteiger partial charge in [-0.25, -0.2) is 8.78 Å². The van der Waals surface area contributed by atoms with Crippen LogP contribution in [0.2, 0.25) is 0 Å². The molecular formula is C28H33F5N2O. The quantitative estimate of drug-likeness (QED) is 0.442. The summed E-state index contributed by atoms with van der Waals surface area (Å²) in [7, 11) is 0. The minimum absolute atomic E-state index is 0.0532. The average molecular weight is 509 g/mol. The third-order valence-corrected chi connectivity index (χ3v) is 8.21. The second-order valence-electron chi connectivity index (χ2n) is 10.6. The van der Waals surface area contributed by atoms with Gasteiger partial charge in [-0.2, -0.15) is 13.2 Å². The van der Waals surface area contributed by atoms with Crippen molar-refractivity contribution in [2.75, 3.05) is 13.1 Å². The van der Waals surface area contributed by atoms with Crippen molar-refractivity contribution in [1.82, 2.24) is 10.2 Å². The van der Waals surface area contributed by atoms with Gasteiger partial charge in [0.15, 0.2) is 0 Å². The fraction of sp³-hybridized carbons (Fsp3) is 0.536. The van der Waals surface area contributed by atoms with E-state index in [0.29, 0.717) is 24.8 Å². The van der Waals surface area contributed by atoms with E-state index >= 15 is 0 Å². The molecule has 196 valence electrons. The summed E-state index contributed by atoms with van der Waals surface area (Å²) >= 11 is 0. The van der Waals surface area contributed by atoms with Crippen LogP contribution in [0.5, 0.6) is 0 Å². The minimum Gasteiger partial charge on any atom is -0.352 e. The molecule has 1 aliphatic heterocycles. The number of hydrogen-bond acceptors (Lipinski definition) is 2. The van der Waals surface area contributed by atoms with Gasteiger partial charge in [0, 0.05) is 12.6 Å². The Bertz CT molecular complexity index is 1060. The lowest BCUT2D eigenvalue weighted by molar-refractivity contribution is -0.137. The van der Waals surface area contributed by atoms with Gasteiger partial charge in [0.2, 0.25) is 5.91 Å². The number of piperidine rings is 1. The van der Waals surface area contributed by atoms with Crippen molar-refractivity contribution in [1.29, 1.82) is 0 Å². The molecule has 1 saturated carbocycles. The number of amides is 1. The van der Waals surface area contributed by atoms with E-state index in [1.165, 1.54) is 12.1 Å². The Balaban J connectivity index is 1.37. The van der Waals surface area contributed by atoms with Gasteiger partial charge in [0.05, 0.1) is 11.0 Å². The summed E-state index contributed by atoms with van der Waals surface area (Å²) in [6.07, 6.45) is -0.424. The first kappa shape index (κ1) is 26.6. The molecule has 3 nitrogen and oxygen atoms in total. The zero-order chi connectivity index (χ0) is 26.1. The first-order valence-corrected chi connectivity index (χ1v) is 12.6. The van der Waals surface area contributed by atoms with Gasteiger partial charge in [-0.05, 0) is 98.5 Å². The van der Waals surface area contributed by atoms with Gasteiger partial charge < -0.3 is 10.2 Å². The third-order valence-electron chi connectivity index (χ3n) is 8.21. The number of hydrogen-bond donors (Lipinski definition) is 1. The number of nitrogens with one attached hydrogen (secondary N) is 1. The van der Waals surface area contributed by atoms with Crippen molar-refractivity contribution < 1.29 is 26.7 Å². The number of likely N-dealkylation sites (tertiary alicyclic amines) is 1. The average Bonchev–Trinajstić information content (AvgIpc) is 3.29. The molecule has 2 aromatic carbocycles. The lowest BCUT2D eigenvalue weighted by Gasteiger charge is -2.38. The molecule has 0 bridgehead atoms. The predicted molar refractivity (Wildman–Crippen MR) is 128 cm³/mol. The number of carbonyl (C=O) groups is 1. The maximum absolute atomic E-state index is 13.8. The molecule has 1 amide bonds. The molecule has 1 aliphatic carbocycles. The summed E-state index contributed by atoms with van der Waals surface area (Å²) in [5.74, 6) is -0.938. The molecule has 8 heteroatoms. The summed E-state index contributed by atoms with van der Waals surface area (Å²) in [4.78, 5) is 15.8. The van der Waals surface area contributed by atoms with Gasteiger partial charge in [0.1, 0.15) is 11.6 Å². The molecule has 2 unspecified atom stereocenters. The van der Waals surface area contributed by atoms with Gasteiger partial charge in [-0.3, -0.25) is 4.79 Å². The Morgan fingerprint density at radius 2 is 1.69 bits per heavy atom. The summed E-state index contributed by atoms with van der Waals surface area (Å²) in [5, 5.41) is 2.80. The Kier molecular flexibility index (Phi) is 7.74. The fourth-order valence-corrected chi connectivity index (χ4v) is 5.96. The molecule has 1 heterocycles. The van der Waals surface area contributed by atoms with Crippen molar-refractivity contribution >= 4 is 5.91 Å². The first-order chi connectivity index (χ1) is 17.0. The van der Waals surface area contributed by atoms with E-state index in [9.17, 15) is 26.7 Å². The number of benzene rings is 2. The Morgan fingerprint density at radius 3 is 2.31 bits per heavy atom. The summed E-state index contributed by atoms with van der Waals surface area (Å²) < 4.78 is 66.1. The van der Waals surface area contributed by atoms with Crippen LogP contribution >= 0.6 is 0 Å². The molecule has 0 spiro atoms.